The number of rotatable bonds is 4. The molecule has 0 spiro atoms. The van der Waals surface area contributed by atoms with Crippen LogP contribution in [-0.4, -0.2) is 33.3 Å². The molecule has 1 heterocycles. The topological polar surface area (TPSA) is 105 Å². The SMILES string of the molecule is I.N#Cc1ncn(CCN=C(N)NC2CCCC2)n1. The smallest absolute Gasteiger partial charge is 0.252 e. The van der Waals surface area contributed by atoms with Crippen molar-refractivity contribution in [3.8, 4) is 6.07 Å². The minimum atomic E-state index is 0. The first-order chi connectivity index (χ1) is 8.78. The maximum atomic E-state index is 8.58. The van der Waals surface area contributed by atoms with Crippen LogP contribution in [0.1, 0.15) is 31.5 Å². The van der Waals surface area contributed by atoms with E-state index in [-0.39, 0.29) is 29.8 Å². The highest BCUT2D eigenvalue weighted by molar-refractivity contribution is 14.0. The van der Waals surface area contributed by atoms with Gasteiger partial charge in [0, 0.05) is 6.04 Å². The van der Waals surface area contributed by atoms with Crippen molar-refractivity contribution in [2.45, 2.75) is 38.3 Å². The summed E-state index contributed by atoms with van der Waals surface area (Å²) in [6.07, 6.45) is 6.39. The van der Waals surface area contributed by atoms with Gasteiger partial charge in [0.1, 0.15) is 12.4 Å². The second-order valence-electron chi connectivity index (χ2n) is 4.34. The molecule has 0 bridgehead atoms. The molecular weight excluding hydrogens is 357 g/mol. The first-order valence-electron chi connectivity index (χ1n) is 6.14. The fourth-order valence-corrected chi connectivity index (χ4v) is 2.05. The van der Waals surface area contributed by atoms with Crippen LogP contribution in [0.15, 0.2) is 11.3 Å². The lowest BCUT2D eigenvalue weighted by Gasteiger charge is -2.12. The second-order valence-corrected chi connectivity index (χ2v) is 4.34. The summed E-state index contributed by atoms with van der Waals surface area (Å²) in [5.41, 5.74) is 5.79. The highest BCUT2D eigenvalue weighted by Gasteiger charge is 2.14. The summed E-state index contributed by atoms with van der Waals surface area (Å²) in [6.45, 7) is 1.10. The van der Waals surface area contributed by atoms with Gasteiger partial charge in [0.2, 0.25) is 0 Å². The van der Waals surface area contributed by atoms with E-state index in [1.165, 1.54) is 32.0 Å². The number of hydrogen-bond acceptors (Lipinski definition) is 4. The summed E-state index contributed by atoms with van der Waals surface area (Å²) in [7, 11) is 0. The van der Waals surface area contributed by atoms with Crippen molar-refractivity contribution >= 4 is 29.9 Å². The summed E-state index contributed by atoms with van der Waals surface area (Å²) in [5.74, 6) is 0.665. The molecule has 3 N–H and O–H groups in total. The zero-order chi connectivity index (χ0) is 12.8. The van der Waals surface area contributed by atoms with Gasteiger partial charge in [-0.1, -0.05) is 12.8 Å². The van der Waals surface area contributed by atoms with Crippen molar-refractivity contribution < 1.29 is 0 Å². The zero-order valence-corrected chi connectivity index (χ0v) is 12.9. The molecule has 0 unspecified atom stereocenters. The molecule has 104 valence electrons. The van der Waals surface area contributed by atoms with Crippen molar-refractivity contribution in [3.05, 3.63) is 12.2 Å². The standard InChI is InChI=1S/C11H17N7.HI/c12-7-10-15-8-18(17-10)6-5-14-11(13)16-9-3-1-2-4-9;/h8-9H,1-6H2,(H3,13,14,16);1H. The highest BCUT2D eigenvalue weighted by Crippen LogP contribution is 2.17. The van der Waals surface area contributed by atoms with Gasteiger partial charge in [-0.15, -0.1) is 29.1 Å². The predicted molar refractivity (Wildman–Crippen MR) is 82.0 cm³/mol. The van der Waals surface area contributed by atoms with Gasteiger partial charge in [-0.25, -0.2) is 9.67 Å². The van der Waals surface area contributed by atoms with Crippen LogP contribution in [0, 0.1) is 11.3 Å². The quantitative estimate of drug-likeness (QED) is 0.456. The number of aromatic nitrogens is 3. The summed E-state index contributed by atoms with van der Waals surface area (Å²) in [4.78, 5) is 8.04. The first kappa shape index (κ1) is 15.7. The second kappa shape index (κ2) is 7.93. The largest absolute Gasteiger partial charge is 0.370 e. The van der Waals surface area contributed by atoms with E-state index in [1.807, 2.05) is 6.07 Å². The summed E-state index contributed by atoms with van der Waals surface area (Å²) in [6, 6.07) is 2.36. The van der Waals surface area contributed by atoms with Gasteiger partial charge in [0.15, 0.2) is 5.96 Å². The Labute approximate surface area is 129 Å². The average Bonchev–Trinajstić information content (AvgIpc) is 3.00. The molecule has 0 atom stereocenters. The number of hydrogen-bond donors (Lipinski definition) is 2. The van der Waals surface area contributed by atoms with Crippen LogP contribution in [-0.2, 0) is 6.54 Å². The summed E-state index contributed by atoms with van der Waals surface area (Å²) >= 11 is 0. The van der Waals surface area contributed by atoms with E-state index in [4.69, 9.17) is 11.0 Å². The van der Waals surface area contributed by atoms with E-state index in [2.05, 4.69) is 20.4 Å². The van der Waals surface area contributed by atoms with E-state index < -0.39 is 0 Å². The molecule has 1 fully saturated rings. The molecule has 1 saturated carbocycles. The molecule has 19 heavy (non-hydrogen) atoms. The average molecular weight is 375 g/mol. The van der Waals surface area contributed by atoms with Crippen LogP contribution in [0.25, 0.3) is 0 Å². The normalized spacial score (nSPS) is 15.8. The zero-order valence-electron chi connectivity index (χ0n) is 10.6. The lowest BCUT2D eigenvalue weighted by atomic mass is 10.2. The molecule has 1 aliphatic carbocycles. The number of halogens is 1. The predicted octanol–water partition coefficient (Wildman–Crippen LogP) is 0.615. The highest BCUT2D eigenvalue weighted by atomic mass is 127. The molecule has 0 radical (unpaired) electrons. The van der Waals surface area contributed by atoms with Crippen molar-refractivity contribution in [2.24, 2.45) is 10.7 Å². The van der Waals surface area contributed by atoms with Gasteiger partial charge in [0.05, 0.1) is 13.1 Å². The first-order valence-corrected chi connectivity index (χ1v) is 6.14. The monoisotopic (exact) mass is 375 g/mol. The lowest BCUT2D eigenvalue weighted by molar-refractivity contribution is 0.607. The Morgan fingerprint density at radius 1 is 1.58 bits per heavy atom. The Bertz CT molecular complexity index is 456. The molecule has 0 aliphatic heterocycles. The Kier molecular flexibility index (Phi) is 6.55. The van der Waals surface area contributed by atoms with E-state index in [1.54, 1.807) is 4.68 Å². The van der Waals surface area contributed by atoms with Crippen LogP contribution >= 0.6 is 24.0 Å². The maximum absolute atomic E-state index is 8.58. The van der Waals surface area contributed by atoms with Gasteiger partial charge in [-0.2, -0.15) is 5.26 Å². The summed E-state index contributed by atoms with van der Waals surface area (Å²) < 4.78 is 1.59. The van der Waals surface area contributed by atoms with Gasteiger partial charge >= 0.3 is 0 Å². The molecular formula is C11H18IN7. The third-order valence-electron chi connectivity index (χ3n) is 2.95. The fraction of sp³-hybridized carbons (Fsp3) is 0.636. The van der Waals surface area contributed by atoms with Crippen molar-refractivity contribution in [1.29, 1.82) is 5.26 Å². The van der Waals surface area contributed by atoms with Crippen molar-refractivity contribution in [3.63, 3.8) is 0 Å². The number of aliphatic imine (C=N–C) groups is 1. The fourth-order valence-electron chi connectivity index (χ4n) is 2.05. The minimum absolute atomic E-state index is 0. The van der Waals surface area contributed by atoms with Crippen LogP contribution < -0.4 is 11.1 Å². The molecule has 2 rings (SSSR count). The van der Waals surface area contributed by atoms with Crippen molar-refractivity contribution in [2.75, 3.05) is 6.54 Å². The van der Waals surface area contributed by atoms with Gasteiger partial charge in [-0.3, -0.25) is 4.99 Å². The molecule has 0 saturated heterocycles. The Morgan fingerprint density at radius 2 is 2.32 bits per heavy atom. The summed E-state index contributed by atoms with van der Waals surface area (Å²) in [5, 5.41) is 15.7. The van der Waals surface area contributed by atoms with Crippen LogP contribution in [0.4, 0.5) is 0 Å². The minimum Gasteiger partial charge on any atom is -0.370 e. The number of nitriles is 1. The van der Waals surface area contributed by atoms with Crippen LogP contribution in [0.5, 0.6) is 0 Å². The van der Waals surface area contributed by atoms with Gasteiger partial charge < -0.3 is 11.1 Å². The molecule has 0 amide bonds. The van der Waals surface area contributed by atoms with Crippen LogP contribution in [0.3, 0.4) is 0 Å². The third-order valence-corrected chi connectivity index (χ3v) is 2.95. The Hall–Kier alpha value is -1.37. The lowest BCUT2D eigenvalue weighted by Crippen LogP contribution is -2.38. The number of nitrogens with one attached hydrogen (secondary N) is 1. The van der Waals surface area contributed by atoms with E-state index in [0.29, 0.717) is 25.1 Å². The third kappa shape index (κ3) is 5.02. The molecule has 0 aromatic carbocycles. The molecule has 1 aliphatic rings. The molecule has 1 aromatic heterocycles. The van der Waals surface area contributed by atoms with Crippen molar-refractivity contribution in [1.82, 2.24) is 20.1 Å². The Balaban J connectivity index is 0.00000180. The van der Waals surface area contributed by atoms with E-state index >= 15 is 0 Å². The van der Waals surface area contributed by atoms with E-state index in [0.717, 1.165) is 0 Å². The van der Waals surface area contributed by atoms with Gasteiger partial charge in [-0.05, 0) is 12.8 Å². The van der Waals surface area contributed by atoms with Crippen LogP contribution in [0.2, 0.25) is 0 Å². The van der Waals surface area contributed by atoms with Gasteiger partial charge in [0.25, 0.3) is 5.82 Å². The maximum Gasteiger partial charge on any atom is 0.252 e. The van der Waals surface area contributed by atoms with E-state index in [9.17, 15) is 0 Å². The number of nitrogens with zero attached hydrogens (tertiary/aromatic N) is 5. The molecule has 1 aromatic rings. The number of guanidine groups is 1. The Morgan fingerprint density at radius 3 is 2.95 bits per heavy atom. The number of nitrogens with two attached hydrogens (primary N) is 1. The molecule has 7 nitrogen and oxygen atoms in total. The molecule has 8 heteroatoms.